The molecule has 0 bridgehead atoms. The second-order valence-electron chi connectivity index (χ2n) is 8.53. The fraction of sp³-hybridized carbons (Fsp3) is 0.269. The summed E-state index contributed by atoms with van der Waals surface area (Å²) in [6.45, 7) is 3.94. The SMILES string of the molecule is CC#CC(=O)N1CC(n2nc(-c3ccc(Oc4ccc(Cl)cc4F)cc3)c(C(N)=O)c2N)CCC1C. The number of carbonyl (C=O) groups excluding carboxylic acids is 2. The van der Waals surface area contributed by atoms with Gasteiger partial charge in [-0.1, -0.05) is 17.5 Å². The molecule has 0 saturated carbocycles. The van der Waals surface area contributed by atoms with Gasteiger partial charge in [-0.2, -0.15) is 5.10 Å². The molecule has 0 spiro atoms. The maximum atomic E-state index is 14.1. The lowest BCUT2D eigenvalue weighted by Gasteiger charge is -2.37. The van der Waals surface area contributed by atoms with E-state index in [0.717, 1.165) is 12.5 Å². The molecule has 1 aromatic heterocycles. The van der Waals surface area contributed by atoms with Gasteiger partial charge in [0.2, 0.25) is 0 Å². The first-order chi connectivity index (χ1) is 17.2. The van der Waals surface area contributed by atoms with E-state index in [2.05, 4.69) is 16.9 Å². The number of carbonyl (C=O) groups is 2. The van der Waals surface area contributed by atoms with Crippen molar-refractivity contribution < 1.29 is 18.7 Å². The fourth-order valence-electron chi connectivity index (χ4n) is 4.29. The molecule has 2 unspecified atom stereocenters. The Kier molecular flexibility index (Phi) is 7.17. The summed E-state index contributed by atoms with van der Waals surface area (Å²) < 4.78 is 21.2. The molecule has 2 amide bonds. The van der Waals surface area contributed by atoms with Gasteiger partial charge < -0.3 is 21.1 Å². The van der Waals surface area contributed by atoms with E-state index in [1.165, 1.54) is 12.1 Å². The molecule has 8 nitrogen and oxygen atoms in total. The van der Waals surface area contributed by atoms with E-state index in [0.29, 0.717) is 30.0 Å². The third kappa shape index (κ3) is 4.99. The number of halogens is 2. The van der Waals surface area contributed by atoms with Crippen LogP contribution in [0.15, 0.2) is 42.5 Å². The maximum Gasteiger partial charge on any atom is 0.298 e. The van der Waals surface area contributed by atoms with E-state index in [1.807, 2.05) is 6.92 Å². The van der Waals surface area contributed by atoms with Crippen LogP contribution >= 0.6 is 11.6 Å². The Bertz CT molecular complexity index is 1380. The summed E-state index contributed by atoms with van der Waals surface area (Å²) >= 11 is 5.79. The van der Waals surface area contributed by atoms with Crippen LogP contribution in [0.5, 0.6) is 11.5 Å². The monoisotopic (exact) mass is 509 g/mol. The highest BCUT2D eigenvalue weighted by Crippen LogP contribution is 2.34. The maximum absolute atomic E-state index is 14.1. The molecule has 2 heterocycles. The molecular formula is C26H25ClFN5O3. The van der Waals surface area contributed by atoms with Gasteiger partial charge in [-0.15, -0.1) is 0 Å². The van der Waals surface area contributed by atoms with Crippen LogP contribution in [0.3, 0.4) is 0 Å². The second kappa shape index (κ2) is 10.3. The number of nitrogen functional groups attached to an aromatic ring is 1. The Hall–Kier alpha value is -4.03. The molecular weight excluding hydrogens is 485 g/mol. The minimum atomic E-state index is -0.716. The largest absolute Gasteiger partial charge is 0.454 e. The number of hydrogen-bond donors (Lipinski definition) is 2. The lowest BCUT2D eigenvalue weighted by atomic mass is 9.99. The van der Waals surface area contributed by atoms with Crippen molar-refractivity contribution >= 4 is 29.2 Å². The summed E-state index contributed by atoms with van der Waals surface area (Å²) in [5, 5.41) is 4.89. The van der Waals surface area contributed by atoms with Crippen LogP contribution in [-0.2, 0) is 4.79 Å². The number of aromatic nitrogens is 2. The first-order valence-corrected chi connectivity index (χ1v) is 11.7. The number of nitrogens with two attached hydrogens (primary N) is 2. The van der Waals surface area contributed by atoms with Gasteiger partial charge in [-0.3, -0.25) is 9.59 Å². The van der Waals surface area contributed by atoms with E-state index in [-0.39, 0.29) is 40.1 Å². The Balaban J connectivity index is 1.63. The predicted molar refractivity (Wildman–Crippen MR) is 135 cm³/mol. The van der Waals surface area contributed by atoms with E-state index in [1.54, 1.807) is 40.8 Å². The van der Waals surface area contributed by atoms with Gasteiger partial charge in [-0.25, -0.2) is 9.07 Å². The smallest absolute Gasteiger partial charge is 0.298 e. The summed E-state index contributed by atoms with van der Waals surface area (Å²) in [4.78, 5) is 26.5. The normalized spacial score (nSPS) is 17.3. The highest BCUT2D eigenvalue weighted by Gasteiger charge is 2.33. The number of rotatable bonds is 5. The van der Waals surface area contributed by atoms with Crippen LogP contribution in [0, 0.1) is 17.7 Å². The van der Waals surface area contributed by atoms with Crippen molar-refractivity contribution in [2.75, 3.05) is 12.3 Å². The molecule has 186 valence electrons. The number of piperidine rings is 1. The minimum absolute atomic E-state index is 0.0249. The van der Waals surface area contributed by atoms with E-state index < -0.39 is 11.7 Å². The van der Waals surface area contributed by atoms with Crippen LogP contribution in [0.25, 0.3) is 11.3 Å². The zero-order chi connectivity index (χ0) is 26.0. The number of nitrogens with zero attached hydrogens (tertiary/aromatic N) is 3. The Morgan fingerprint density at radius 3 is 2.56 bits per heavy atom. The molecule has 4 N–H and O–H groups in total. The lowest BCUT2D eigenvalue weighted by molar-refractivity contribution is -0.129. The number of anilines is 1. The predicted octanol–water partition coefficient (Wildman–Crippen LogP) is 4.39. The number of amides is 2. The molecule has 1 fully saturated rings. The average molecular weight is 510 g/mol. The fourth-order valence-corrected chi connectivity index (χ4v) is 4.44. The number of hydrogen-bond acceptors (Lipinski definition) is 5. The molecule has 1 aliphatic rings. The summed E-state index contributed by atoms with van der Waals surface area (Å²) in [6, 6.07) is 10.5. The van der Waals surface area contributed by atoms with Crippen molar-refractivity contribution in [3.63, 3.8) is 0 Å². The molecule has 10 heteroatoms. The van der Waals surface area contributed by atoms with Crippen molar-refractivity contribution in [2.24, 2.45) is 5.73 Å². The number of ether oxygens (including phenoxy) is 1. The molecule has 4 rings (SSSR count). The van der Waals surface area contributed by atoms with Crippen molar-refractivity contribution in [1.29, 1.82) is 0 Å². The van der Waals surface area contributed by atoms with Gasteiger partial charge in [0.25, 0.3) is 11.8 Å². The Morgan fingerprint density at radius 1 is 1.19 bits per heavy atom. The Morgan fingerprint density at radius 2 is 1.92 bits per heavy atom. The van der Waals surface area contributed by atoms with Crippen molar-refractivity contribution in [2.45, 2.75) is 38.8 Å². The highest BCUT2D eigenvalue weighted by molar-refractivity contribution is 6.30. The van der Waals surface area contributed by atoms with Gasteiger partial charge in [0.15, 0.2) is 11.6 Å². The first-order valence-electron chi connectivity index (χ1n) is 11.3. The van der Waals surface area contributed by atoms with Crippen molar-refractivity contribution in [3.05, 3.63) is 58.9 Å². The molecule has 2 atom stereocenters. The van der Waals surface area contributed by atoms with Crippen molar-refractivity contribution in [1.82, 2.24) is 14.7 Å². The lowest BCUT2D eigenvalue weighted by Crippen LogP contribution is -2.46. The highest BCUT2D eigenvalue weighted by atomic mass is 35.5. The molecule has 1 saturated heterocycles. The van der Waals surface area contributed by atoms with Crippen LogP contribution in [0.4, 0.5) is 10.2 Å². The van der Waals surface area contributed by atoms with Gasteiger partial charge in [0.1, 0.15) is 22.8 Å². The van der Waals surface area contributed by atoms with Gasteiger partial charge in [-0.05, 0) is 75.1 Å². The standard InChI is InChI=1S/C26H25ClFN5O3/c1-3-4-22(34)32-14-18(9-5-15(32)2)33-25(29)23(26(30)35)24(31-33)16-6-10-19(11-7-16)36-21-12-8-17(27)13-20(21)28/h6-8,10-13,15,18H,5,9,14,29H2,1-2H3,(H2,30,35). The number of primary amides is 1. The summed E-state index contributed by atoms with van der Waals surface area (Å²) in [6.07, 6.45) is 1.45. The van der Waals surface area contributed by atoms with Gasteiger partial charge in [0, 0.05) is 23.2 Å². The third-order valence-electron chi connectivity index (χ3n) is 6.14. The zero-order valence-corrected chi connectivity index (χ0v) is 20.6. The van der Waals surface area contributed by atoms with Crippen molar-refractivity contribution in [3.8, 4) is 34.6 Å². The van der Waals surface area contributed by atoms with Crippen LogP contribution in [0.1, 0.15) is 43.1 Å². The average Bonchev–Trinajstić information content (AvgIpc) is 3.19. The van der Waals surface area contributed by atoms with Gasteiger partial charge in [0.05, 0.1) is 6.04 Å². The molecule has 0 radical (unpaired) electrons. The zero-order valence-electron chi connectivity index (χ0n) is 19.8. The Labute approximate surface area is 213 Å². The number of likely N-dealkylation sites (tertiary alicyclic amines) is 1. The van der Waals surface area contributed by atoms with E-state index in [9.17, 15) is 14.0 Å². The summed E-state index contributed by atoms with van der Waals surface area (Å²) in [7, 11) is 0. The summed E-state index contributed by atoms with van der Waals surface area (Å²) in [5.74, 6) is 4.19. The third-order valence-corrected chi connectivity index (χ3v) is 6.37. The van der Waals surface area contributed by atoms with Crippen LogP contribution in [-0.4, -0.2) is 39.1 Å². The molecule has 0 aliphatic carbocycles. The molecule has 1 aliphatic heterocycles. The minimum Gasteiger partial charge on any atom is -0.454 e. The van der Waals surface area contributed by atoms with Crippen LogP contribution < -0.4 is 16.2 Å². The quantitative estimate of drug-likeness (QED) is 0.495. The number of benzene rings is 2. The summed E-state index contributed by atoms with van der Waals surface area (Å²) in [5.41, 5.74) is 13.0. The molecule has 2 aromatic carbocycles. The van der Waals surface area contributed by atoms with E-state index >= 15 is 0 Å². The second-order valence-corrected chi connectivity index (χ2v) is 8.97. The topological polar surface area (TPSA) is 116 Å². The van der Waals surface area contributed by atoms with Crippen LogP contribution in [0.2, 0.25) is 5.02 Å². The first kappa shape index (κ1) is 25.1. The molecule has 3 aromatic rings. The molecule has 36 heavy (non-hydrogen) atoms. The van der Waals surface area contributed by atoms with E-state index in [4.69, 9.17) is 27.8 Å². The van der Waals surface area contributed by atoms with Gasteiger partial charge >= 0.3 is 0 Å².